The predicted octanol–water partition coefficient (Wildman–Crippen LogP) is 0.679. The zero-order chi connectivity index (χ0) is 12.7. The zero-order valence-electron chi connectivity index (χ0n) is 9.39. The summed E-state index contributed by atoms with van der Waals surface area (Å²) in [4.78, 5) is 22.3. The number of amides is 1. The van der Waals surface area contributed by atoms with Crippen LogP contribution in [-0.4, -0.2) is 24.2 Å². The fraction of sp³-hybridized carbons (Fsp3) is 0.400. The van der Waals surface area contributed by atoms with E-state index in [-0.39, 0.29) is 17.5 Å². The summed E-state index contributed by atoms with van der Waals surface area (Å²) >= 11 is 1.35. The first-order valence-corrected chi connectivity index (χ1v) is 6.15. The second-order valence-corrected chi connectivity index (χ2v) is 4.03. The van der Waals surface area contributed by atoms with Gasteiger partial charge in [0, 0.05) is 11.3 Å². The van der Waals surface area contributed by atoms with E-state index in [1.807, 2.05) is 5.43 Å². The number of ether oxygens (including phenoxy) is 1. The maximum atomic E-state index is 11.3. The van der Waals surface area contributed by atoms with Gasteiger partial charge in [0.2, 0.25) is 0 Å². The minimum Gasteiger partial charge on any atom is -0.465 e. The Morgan fingerprint density at radius 2 is 2.35 bits per heavy atom. The van der Waals surface area contributed by atoms with Gasteiger partial charge < -0.3 is 9.15 Å². The highest BCUT2D eigenvalue weighted by Gasteiger charge is 2.14. The Labute approximate surface area is 103 Å². The maximum absolute atomic E-state index is 11.3. The monoisotopic (exact) mass is 258 g/mol. The molecule has 94 valence electrons. The van der Waals surface area contributed by atoms with Gasteiger partial charge in [-0.1, -0.05) is 0 Å². The lowest BCUT2D eigenvalue weighted by molar-refractivity contribution is -0.139. The molecule has 1 heterocycles. The summed E-state index contributed by atoms with van der Waals surface area (Å²) in [5, 5.41) is 0. The van der Waals surface area contributed by atoms with Gasteiger partial charge >= 0.3 is 11.9 Å². The number of nitrogens with one attached hydrogen (secondary N) is 1. The molecule has 3 N–H and O–H groups in total. The molecule has 0 aliphatic heterocycles. The molecule has 0 aromatic carbocycles. The van der Waals surface area contributed by atoms with Crippen LogP contribution < -0.4 is 11.3 Å². The van der Waals surface area contributed by atoms with Crippen LogP contribution in [0.2, 0.25) is 0 Å². The van der Waals surface area contributed by atoms with Crippen molar-refractivity contribution in [2.75, 3.05) is 12.4 Å². The van der Waals surface area contributed by atoms with Crippen molar-refractivity contribution >= 4 is 23.6 Å². The first-order valence-electron chi connectivity index (χ1n) is 4.99. The molecular formula is C10H14N2O4S. The lowest BCUT2D eigenvalue weighted by atomic mass is 10.3. The molecule has 0 aliphatic rings. The van der Waals surface area contributed by atoms with Crippen LogP contribution in [0.15, 0.2) is 16.7 Å². The van der Waals surface area contributed by atoms with Crippen LogP contribution in [0.4, 0.5) is 0 Å². The van der Waals surface area contributed by atoms with Crippen molar-refractivity contribution in [1.29, 1.82) is 0 Å². The molecule has 0 saturated heterocycles. The summed E-state index contributed by atoms with van der Waals surface area (Å²) in [6.07, 6.45) is 1.41. The molecule has 0 radical (unpaired) electrons. The van der Waals surface area contributed by atoms with E-state index in [9.17, 15) is 9.59 Å². The molecule has 1 amide bonds. The number of hydrazine groups is 1. The average molecular weight is 258 g/mol. The third kappa shape index (κ3) is 4.12. The number of rotatable bonds is 6. The molecule has 0 fully saturated rings. The number of furan rings is 1. The number of thioether (sulfide) groups is 1. The van der Waals surface area contributed by atoms with Crippen LogP contribution in [0, 0.1) is 0 Å². The van der Waals surface area contributed by atoms with E-state index in [0.717, 1.165) is 0 Å². The van der Waals surface area contributed by atoms with Crippen molar-refractivity contribution in [3.8, 4) is 0 Å². The van der Waals surface area contributed by atoms with Gasteiger partial charge in [-0.2, -0.15) is 0 Å². The van der Waals surface area contributed by atoms with E-state index in [1.165, 1.54) is 18.0 Å². The first kappa shape index (κ1) is 13.6. The zero-order valence-corrected chi connectivity index (χ0v) is 10.2. The Hall–Kier alpha value is -1.47. The van der Waals surface area contributed by atoms with Crippen molar-refractivity contribution < 1.29 is 18.7 Å². The number of carbonyl (C=O) groups excluding carboxylic acids is 2. The number of nitrogens with two attached hydrogens (primary N) is 1. The van der Waals surface area contributed by atoms with Gasteiger partial charge in [0.15, 0.2) is 5.76 Å². The highest BCUT2D eigenvalue weighted by molar-refractivity contribution is 7.99. The first-order chi connectivity index (χ1) is 8.19. The second-order valence-electron chi connectivity index (χ2n) is 3.05. The standard InChI is InChI=1S/C10H14N2O4S/c1-2-15-8(13)6-17-5-7-3-4-16-9(7)10(14)12-11/h3-4H,2,5-6,11H2,1H3,(H,12,14). The van der Waals surface area contributed by atoms with Crippen LogP contribution in [-0.2, 0) is 15.3 Å². The Morgan fingerprint density at radius 1 is 1.59 bits per heavy atom. The van der Waals surface area contributed by atoms with Gasteiger partial charge in [-0.05, 0) is 13.0 Å². The summed E-state index contributed by atoms with van der Waals surface area (Å²) in [5.74, 6) is 5.14. The molecule has 0 saturated carbocycles. The van der Waals surface area contributed by atoms with Gasteiger partial charge in [0.25, 0.3) is 0 Å². The molecule has 0 bridgehead atoms. The van der Waals surface area contributed by atoms with E-state index in [2.05, 4.69) is 0 Å². The average Bonchev–Trinajstić information content (AvgIpc) is 2.77. The minimum absolute atomic E-state index is 0.170. The molecule has 1 aromatic heterocycles. The van der Waals surface area contributed by atoms with Crippen molar-refractivity contribution in [3.05, 3.63) is 23.7 Å². The van der Waals surface area contributed by atoms with Crippen molar-refractivity contribution in [2.45, 2.75) is 12.7 Å². The van der Waals surface area contributed by atoms with Gasteiger partial charge in [-0.15, -0.1) is 11.8 Å². The third-order valence-electron chi connectivity index (χ3n) is 1.87. The predicted molar refractivity (Wildman–Crippen MR) is 63.2 cm³/mol. The molecule has 0 aliphatic carbocycles. The van der Waals surface area contributed by atoms with E-state index in [4.69, 9.17) is 15.0 Å². The van der Waals surface area contributed by atoms with Gasteiger partial charge in [-0.3, -0.25) is 15.0 Å². The third-order valence-corrected chi connectivity index (χ3v) is 2.82. The molecule has 0 unspecified atom stereocenters. The minimum atomic E-state index is -0.485. The van der Waals surface area contributed by atoms with Gasteiger partial charge in [0.1, 0.15) is 0 Å². The van der Waals surface area contributed by atoms with Crippen molar-refractivity contribution in [1.82, 2.24) is 5.43 Å². The number of nitrogen functional groups attached to an aromatic ring is 1. The molecule has 17 heavy (non-hydrogen) atoms. The Morgan fingerprint density at radius 3 is 3.00 bits per heavy atom. The lowest BCUT2D eigenvalue weighted by Gasteiger charge is -2.02. The largest absolute Gasteiger partial charge is 0.465 e. The van der Waals surface area contributed by atoms with E-state index in [1.54, 1.807) is 13.0 Å². The van der Waals surface area contributed by atoms with Crippen LogP contribution in [0.5, 0.6) is 0 Å². The molecule has 0 spiro atoms. The van der Waals surface area contributed by atoms with E-state index < -0.39 is 5.91 Å². The quantitative estimate of drug-likeness (QED) is 0.337. The SMILES string of the molecule is CCOC(=O)CSCc1ccoc1C(=O)NN. The van der Waals surface area contributed by atoms with Crippen LogP contribution in [0.3, 0.4) is 0 Å². The molecule has 0 atom stereocenters. The fourth-order valence-electron chi connectivity index (χ4n) is 1.16. The Bertz CT molecular complexity index is 391. The van der Waals surface area contributed by atoms with Crippen LogP contribution in [0.1, 0.15) is 23.0 Å². The lowest BCUT2D eigenvalue weighted by Crippen LogP contribution is -2.30. The summed E-state index contributed by atoms with van der Waals surface area (Å²) in [5.41, 5.74) is 2.69. The summed E-state index contributed by atoms with van der Waals surface area (Å²) in [6.45, 7) is 2.12. The molecule has 1 aromatic rings. The number of carbonyl (C=O) groups is 2. The summed E-state index contributed by atoms with van der Waals surface area (Å²) in [6, 6.07) is 1.67. The molecular weight excluding hydrogens is 244 g/mol. The Kier molecular flexibility index (Phi) is 5.58. The molecule has 6 nitrogen and oxygen atoms in total. The van der Waals surface area contributed by atoms with Crippen molar-refractivity contribution in [2.24, 2.45) is 5.84 Å². The Balaban J connectivity index is 2.44. The number of hydrogen-bond donors (Lipinski definition) is 2. The molecule has 7 heteroatoms. The van der Waals surface area contributed by atoms with Crippen LogP contribution in [0.25, 0.3) is 0 Å². The fourth-order valence-corrected chi connectivity index (χ4v) is 1.96. The van der Waals surface area contributed by atoms with Gasteiger partial charge in [0.05, 0.1) is 18.6 Å². The maximum Gasteiger partial charge on any atom is 0.315 e. The smallest absolute Gasteiger partial charge is 0.315 e. The number of esters is 1. The van der Waals surface area contributed by atoms with Crippen molar-refractivity contribution in [3.63, 3.8) is 0 Å². The normalized spacial score (nSPS) is 10.0. The van der Waals surface area contributed by atoms with Gasteiger partial charge in [-0.25, -0.2) is 5.84 Å². The highest BCUT2D eigenvalue weighted by Crippen LogP contribution is 2.17. The highest BCUT2D eigenvalue weighted by atomic mass is 32.2. The van der Waals surface area contributed by atoms with E-state index in [0.29, 0.717) is 17.9 Å². The summed E-state index contributed by atoms with van der Waals surface area (Å²) in [7, 11) is 0. The molecule has 1 rings (SSSR count). The number of hydrogen-bond acceptors (Lipinski definition) is 6. The van der Waals surface area contributed by atoms with E-state index >= 15 is 0 Å². The second kappa shape index (κ2) is 6.97. The van der Waals surface area contributed by atoms with Crippen LogP contribution >= 0.6 is 11.8 Å². The topological polar surface area (TPSA) is 94.6 Å². The summed E-state index contributed by atoms with van der Waals surface area (Å²) < 4.78 is 9.78.